The van der Waals surface area contributed by atoms with Crippen molar-refractivity contribution in [3.63, 3.8) is 0 Å². The lowest BCUT2D eigenvalue weighted by molar-refractivity contribution is -0.134. The van der Waals surface area contributed by atoms with Crippen LogP contribution in [0, 0.1) is 6.92 Å². The second kappa shape index (κ2) is 8.84. The molecule has 3 heterocycles. The van der Waals surface area contributed by atoms with E-state index in [0.29, 0.717) is 6.54 Å². The van der Waals surface area contributed by atoms with Crippen molar-refractivity contribution in [1.82, 2.24) is 14.8 Å². The lowest BCUT2D eigenvalue weighted by Crippen LogP contribution is -2.44. The molecule has 2 aliphatic heterocycles. The number of rotatable bonds is 5. The van der Waals surface area contributed by atoms with Crippen molar-refractivity contribution < 1.29 is 9.53 Å². The van der Waals surface area contributed by atoms with Crippen molar-refractivity contribution in [3.8, 4) is 0 Å². The van der Waals surface area contributed by atoms with E-state index < -0.39 is 0 Å². The Morgan fingerprint density at radius 1 is 1.11 bits per heavy atom. The lowest BCUT2D eigenvalue weighted by Gasteiger charge is -2.30. The van der Waals surface area contributed by atoms with Gasteiger partial charge < -0.3 is 9.64 Å². The summed E-state index contributed by atoms with van der Waals surface area (Å²) in [6.07, 6.45) is 2.86. The SMILES string of the molecule is Cc1ccc(Cc2cccc([C@H]3CCCN3C(=O)CN3CCOCC3)n2)cc1. The Morgan fingerprint density at radius 3 is 2.68 bits per heavy atom. The Bertz CT molecular complexity index is 800. The van der Waals surface area contributed by atoms with E-state index in [-0.39, 0.29) is 11.9 Å². The van der Waals surface area contributed by atoms with E-state index in [4.69, 9.17) is 9.72 Å². The number of aromatic nitrogens is 1. The van der Waals surface area contributed by atoms with Crippen molar-refractivity contribution in [1.29, 1.82) is 0 Å². The highest BCUT2D eigenvalue weighted by atomic mass is 16.5. The fraction of sp³-hybridized carbons (Fsp3) is 0.478. The third kappa shape index (κ3) is 4.59. The topological polar surface area (TPSA) is 45.7 Å². The van der Waals surface area contributed by atoms with E-state index in [1.807, 2.05) is 4.90 Å². The molecule has 28 heavy (non-hydrogen) atoms. The zero-order chi connectivity index (χ0) is 19.3. The molecule has 0 saturated carbocycles. The molecule has 148 valence electrons. The van der Waals surface area contributed by atoms with Gasteiger partial charge in [-0.1, -0.05) is 35.9 Å². The molecule has 2 saturated heterocycles. The van der Waals surface area contributed by atoms with Crippen LogP contribution >= 0.6 is 0 Å². The minimum Gasteiger partial charge on any atom is -0.379 e. The zero-order valence-electron chi connectivity index (χ0n) is 16.6. The van der Waals surface area contributed by atoms with Gasteiger partial charge in [0.25, 0.3) is 0 Å². The summed E-state index contributed by atoms with van der Waals surface area (Å²) < 4.78 is 5.39. The lowest BCUT2D eigenvalue weighted by atomic mass is 10.1. The summed E-state index contributed by atoms with van der Waals surface area (Å²) in [6.45, 7) is 6.55. The molecular formula is C23H29N3O2. The van der Waals surface area contributed by atoms with E-state index >= 15 is 0 Å². The van der Waals surface area contributed by atoms with Gasteiger partial charge in [0.15, 0.2) is 0 Å². The molecule has 0 bridgehead atoms. The van der Waals surface area contributed by atoms with Gasteiger partial charge in [-0.15, -0.1) is 0 Å². The quantitative estimate of drug-likeness (QED) is 0.801. The normalized spacial score (nSPS) is 20.5. The number of morpholine rings is 1. The molecule has 2 aromatic rings. The Hall–Kier alpha value is -2.24. The second-order valence-corrected chi connectivity index (χ2v) is 7.85. The average molecular weight is 380 g/mol. The molecule has 1 atom stereocenters. The van der Waals surface area contributed by atoms with Crippen LogP contribution in [0.25, 0.3) is 0 Å². The predicted octanol–water partition coefficient (Wildman–Crippen LogP) is 2.98. The monoisotopic (exact) mass is 379 g/mol. The molecule has 0 aliphatic carbocycles. The first-order valence-electron chi connectivity index (χ1n) is 10.3. The summed E-state index contributed by atoms with van der Waals surface area (Å²) in [7, 11) is 0. The summed E-state index contributed by atoms with van der Waals surface area (Å²) >= 11 is 0. The number of nitrogens with zero attached hydrogens (tertiary/aromatic N) is 3. The van der Waals surface area contributed by atoms with Gasteiger partial charge in [0.1, 0.15) is 0 Å². The summed E-state index contributed by atoms with van der Waals surface area (Å²) in [5.41, 5.74) is 4.62. The molecule has 0 N–H and O–H groups in total. The van der Waals surface area contributed by atoms with Crippen LogP contribution in [-0.2, 0) is 16.0 Å². The smallest absolute Gasteiger partial charge is 0.237 e. The highest BCUT2D eigenvalue weighted by Crippen LogP contribution is 2.31. The first-order chi connectivity index (χ1) is 13.7. The molecule has 4 rings (SSSR count). The zero-order valence-corrected chi connectivity index (χ0v) is 16.6. The van der Waals surface area contributed by atoms with E-state index in [9.17, 15) is 4.79 Å². The number of hydrogen-bond acceptors (Lipinski definition) is 4. The first kappa shape index (κ1) is 19.1. The minimum atomic E-state index is 0.103. The van der Waals surface area contributed by atoms with Gasteiger partial charge in [-0.25, -0.2) is 0 Å². The van der Waals surface area contributed by atoms with Crippen molar-refractivity contribution in [2.45, 2.75) is 32.2 Å². The van der Waals surface area contributed by atoms with Gasteiger partial charge in [-0.2, -0.15) is 0 Å². The van der Waals surface area contributed by atoms with Crippen LogP contribution in [0.2, 0.25) is 0 Å². The van der Waals surface area contributed by atoms with Crippen molar-refractivity contribution in [2.24, 2.45) is 0 Å². The van der Waals surface area contributed by atoms with Gasteiger partial charge >= 0.3 is 0 Å². The third-order valence-corrected chi connectivity index (χ3v) is 5.71. The van der Waals surface area contributed by atoms with Crippen LogP contribution in [0.1, 0.15) is 41.4 Å². The fourth-order valence-corrected chi connectivity index (χ4v) is 4.11. The maximum atomic E-state index is 12.9. The van der Waals surface area contributed by atoms with Crippen LogP contribution in [0.15, 0.2) is 42.5 Å². The van der Waals surface area contributed by atoms with Crippen LogP contribution in [-0.4, -0.2) is 60.1 Å². The first-order valence-corrected chi connectivity index (χ1v) is 10.3. The fourth-order valence-electron chi connectivity index (χ4n) is 4.11. The van der Waals surface area contributed by atoms with E-state index in [0.717, 1.165) is 63.5 Å². The number of likely N-dealkylation sites (tertiary alicyclic amines) is 1. The van der Waals surface area contributed by atoms with Crippen LogP contribution in [0.4, 0.5) is 0 Å². The van der Waals surface area contributed by atoms with Gasteiger partial charge in [0.05, 0.1) is 31.5 Å². The number of ether oxygens (including phenoxy) is 1. The van der Waals surface area contributed by atoms with E-state index in [1.54, 1.807) is 0 Å². The molecule has 0 spiro atoms. The number of carbonyl (C=O) groups is 1. The predicted molar refractivity (Wildman–Crippen MR) is 109 cm³/mol. The Kier molecular flexibility index (Phi) is 6.03. The molecule has 2 fully saturated rings. The largest absolute Gasteiger partial charge is 0.379 e. The summed E-state index contributed by atoms with van der Waals surface area (Å²) in [5, 5.41) is 0. The van der Waals surface area contributed by atoms with Crippen LogP contribution in [0.5, 0.6) is 0 Å². The molecule has 5 nitrogen and oxygen atoms in total. The van der Waals surface area contributed by atoms with Crippen molar-refractivity contribution in [2.75, 3.05) is 39.4 Å². The Balaban J connectivity index is 1.44. The van der Waals surface area contributed by atoms with Crippen LogP contribution in [0.3, 0.4) is 0 Å². The van der Waals surface area contributed by atoms with Gasteiger partial charge in [-0.3, -0.25) is 14.7 Å². The third-order valence-electron chi connectivity index (χ3n) is 5.71. The minimum absolute atomic E-state index is 0.103. The molecule has 1 amide bonds. The van der Waals surface area contributed by atoms with Gasteiger partial charge in [-0.05, 0) is 37.5 Å². The molecular weight excluding hydrogens is 350 g/mol. The van der Waals surface area contributed by atoms with Gasteiger partial charge in [0.2, 0.25) is 5.91 Å². The molecule has 1 aromatic heterocycles. The number of amides is 1. The molecule has 5 heteroatoms. The number of benzene rings is 1. The second-order valence-electron chi connectivity index (χ2n) is 7.85. The molecule has 2 aliphatic rings. The standard InChI is InChI=1S/C23H29N3O2/c1-18-7-9-19(10-8-18)16-20-4-2-5-21(24-20)22-6-3-11-26(22)23(27)17-25-12-14-28-15-13-25/h2,4-5,7-10,22H,3,6,11-17H2,1H3/t22-/m1/s1. The number of carbonyl (C=O) groups excluding carboxylic acids is 1. The van der Waals surface area contributed by atoms with E-state index in [2.05, 4.69) is 54.3 Å². The highest BCUT2D eigenvalue weighted by Gasteiger charge is 2.31. The summed E-state index contributed by atoms with van der Waals surface area (Å²) in [6, 6.07) is 14.9. The molecule has 1 aromatic carbocycles. The van der Waals surface area contributed by atoms with Crippen LogP contribution < -0.4 is 0 Å². The number of hydrogen-bond donors (Lipinski definition) is 0. The van der Waals surface area contributed by atoms with Gasteiger partial charge in [0, 0.05) is 31.7 Å². The van der Waals surface area contributed by atoms with E-state index in [1.165, 1.54) is 11.1 Å². The Labute approximate surface area is 167 Å². The average Bonchev–Trinajstić information content (AvgIpc) is 3.21. The summed E-state index contributed by atoms with van der Waals surface area (Å²) in [4.78, 5) is 22.1. The number of aryl methyl sites for hydroxylation is 1. The maximum Gasteiger partial charge on any atom is 0.237 e. The summed E-state index contributed by atoms with van der Waals surface area (Å²) in [5.74, 6) is 0.218. The highest BCUT2D eigenvalue weighted by molar-refractivity contribution is 5.79. The number of pyridine rings is 1. The maximum absolute atomic E-state index is 12.9. The van der Waals surface area contributed by atoms with Crippen molar-refractivity contribution in [3.05, 3.63) is 65.0 Å². The van der Waals surface area contributed by atoms with Crippen molar-refractivity contribution >= 4 is 5.91 Å². The molecule has 0 radical (unpaired) electrons. The Morgan fingerprint density at radius 2 is 1.89 bits per heavy atom. The molecule has 0 unspecified atom stereocenters.